The normalized spacial score (nSPS) is 21.0. The second-order valence-corrected chi connectivity index (χ2v) is 7.30. The highest BCUT2D eigenvalue weighted by Crippen LogP contribution is 2.12. The highest BCUT2D eigenvalue weighted by atomic mass is 35.5. The van der Waals surface area contributed by atoms with E-state index in [1.165, 1.54) is 0 Å². The molecule has 0 spiro atoms. The summed E-state index contributed by atoms with van der Waals surface area (Å²) in [6.07, 6.45) is 0.603. The molecule has 0 bridgehead atoms. The minimum absolute atomic E-state index is 0. The van der Waals surface area contributed by atoms with Crippen LogP contribution < -0.4 is 5.32 Å². The highest BCUT2D eigenvalue weighted by molar-refractivity contribution is 7.99. The predicted octanol–water partition coefficient (Wildman–Crippen LogP) is 0.938. The third kappa shape index (κ3) is 7.91. The molecule has 2 heterocycles. The fourth-order valence-electron chi connectivity index (χ4n) is 3.11. The lowest BCUT2D eigenvalue weighted by atomic mass is 10.2. The summed E-state index contributed by atoms with van der Waals surface area (Å²) in [5.41, 5.74) is 0. The van der Waals surface area contributed by atoms with Crippen LogP contribution in [0.3, 0.4) is 0 Å². The Morgan fingerprint density at radius 1 is 1.12 bits per heavy atom. The summed E-state index contributed by atoms with van der Waals surface area (Å²) >= 11 is 1.92. The SMILES string of the molecule is CCN(CC)C(=O)CN1CCN(C(=O)CC2CSCCN2)CC1.Cl.Cl. The molecule has 0 saturated carbocycles. The van der Waals surface area contributed by atoms with Crippen molar-refractivity contribution < 1.29 is 9.59 Å². The summed E-state index contributed by atoms with van der Waals surface area (Å²) in [6.45, 7) is 10.1. The summed E-state index contributed by atoms with van der Waals surface area (Å²) in [5.74, 6) is 2.62. The highest BCUT2D eigenvalue weighted by Gasteiger charge is 2.25. The van der Waals surface area contributed by atoms with Crippen LogP contribution in [0.1, 0.15) is 20.3 Å². The molecule has 6 nitrogen and oxygen atoms in total. The van der Waals surface area contributed by atoms with Gasteiger partial charge in [-0.3, -0.25) is 14.5 Å². The van der Waals surface area contributed by atoms with Gasteiger partial charge in [-0.2, -0.15) is 11.8 Å². The summed E-state index contributed by atoms with van der Waals surface area (Å²) in [6, 6.07) is 0.323. The Kier molecular flexibility index (Phi) is 12.9. The zero-order valence-electron chi connectivity index (χ0n) is 15.2. The fourth-order valence-corrected chi connectivity index (χ4v) is 4.06. The van der Waals surface area contributed by atoms with Crippen LogP contribution in [0, 0.1) is 0 Å². The van der Waals surface area contributed by atoms with Crippen molar-refractivity contribution in [2.45, 2.75) is 26.3 Å². The first-order valence-corrected chi connectivity index (χ1v) is 9.88. The lowest BCUT2D eigenvalue weighted by molar-refractivity contribution is -0.135. The average molecular weight is 415 g/mol. The minimum Gasteiger partial charge on any atom is -0.342 e. The molecule has 1 atom stereocenters. The predicted molar refractivity (Wildman–Crippen MR) is 109 cm³/mol. The van der Waals surface area contributed by atoms with Crippen LogP contribution >= 0.6 is 36.6 Å². The van der Waals surface area contributed by atoms with E-state index in [4.69, 9.17) is 0 Å². The van der Waals surface area contributed by atoms with Crippen molar-refractivity contribution in [2.24, 2.45) is 0 Å². The number of carbonyl (C=O) groups is 2. The largest absolute Gasteiger partial charge is 0.342 e. The van der Waals surface area contributed by atoms with Crippen LogP contribution in [-0.2, 0) is 9.59 Å². The number of hydrogen-bond donors (Lipinski definition) is 1. The lowest BCUT2D eigenvalue weighted by Gasteiger charge is -2.36. The number of thioether (sulfide) groups is 1. The van der Waals surface area contributed by atoms with Gasteiger partial charge in [-0.25, -0.2) is 0 Å². The number of halogens is 2. The Hall–Kier alpha value is -0.210. The minimum atomic E-state index is 0. The van der Waals surface area contributed by atoms with Crippen LogP contribution in [0.15, 0.2) is 0 Å². The Morgan fingerprint density at radius 3 is 2.28 bits per heavy atom. The fraction of sp³-hybridized carbons (Fsp3) is 0.875. The van der Waals surface area contributed by atoms with Crippen molar-refractivity contribution in [3.63, 3.8) is 0 Å². The molecule has 2 aliphatic rings. The topological polar surface area (TPSA) is 55.9 Å². The molecule has 0 aliphatic carbocycles. The quantitative estimate of drug-likeness (QED) is 0.700. The molecule has 1 unspecified atom stereocenters. The Balaban J connectivity index is 0.00000288. The van der Waals surface area contributed by atoms with Crippen LogP contribution in [0.5, 0.6) is 0 Å². The molecule has 2 fully saturated rings. The molecule has 0 aromatic carbocycles. The van der Waals surface area contributed by atoms with Gasteiger partial charge >= 0.3 is 0 Å². The van der Waals surface area contributed by atoms with Crippen molar-refractivity contribution >= 4 is 48.4 Å². The molecule has 2 rings (SSSR count). The first kappa shape index (κ1) is 24.8. The molecule has 25 heavy (non-hydrogen) atoms. The third-order valence-electron chi connectivity index (χ3n) is 4.62. The molecular formula is C16H32Cl2N4O2S. The van der Waals surface area contributed by atoms with Gasteiger partial charge in [0.15, 0.2) is 0 Å². The lowest BCUT2D eigenvalue weighted by Crippen LogP contribution is -2.52. The maximum atomic E-state index is 12.4. The van der Waals surface area contributed by atoms with Gasteiger partial charge in [-0.15, -0.1) is 24.8 Å². The Morgan fingerprint density at radius 2 is 1.76 bits per heavy atom. The van der Waals surface area contributed by atoms with Gasteiger partial charge in [-0.05, 0) is 13.8 Å². The zero-order chi connectivity index (χ0) is 16.7. The molecule has 1 N–H and O–H groups in total. The molecule has 0 aromatic rings. The first-order valence-electron chi connectivity index (χ1n) is 8.73. The molecule has 0 radical (unpaired) electrons. The maximum Gasteiger partial charge on any atom is 0.236 e. The van der Waals surface area contributed by atoms with Crippen molar-refractivity contribution in [3.05, 3.63) is 0 Å². The van der Waals surface area contributed by atoms with E-state index in [1.54, 1.807) is 0 Å². The van der Waals surface area contributed by atoms with Gasteiger partial charge < -0.3 is 15.1 Å². The van der Waals surface area contributed by atoms with E-state index in [1.807, 2.05) is 35.4 Å². The van der Waals surface area contributed by atoms with Crippen molar-refractivity contribution in [1.29, 1.82) is 0 Å². The first-order chi connectivity index (χ1) is 11.1. The summed E-state index contributed by atoms with van der Waals surface area (Å²) in [7, 11) is 0. The molecule has 2 aliphatic heterocycles. The maximum absolute atomic E-state index is 12.4. The Bertz CT molecular complexity index is 400. The Labute approximate surface area is 168 Å². The van der Waals surface area contributed by atoms with E-state index in [0.717, 1.165) is 57.3 Å². The number of nitrogens with one attached hydrogen (secondary N) is 1. The summed E-state index contributed by atoms with van der Waals surface area (Å²) in [4.78, 5) is 30.5. The van der Waals surface area contributed by atoms with Gasteiger partial charge in [0, 0.05) is 69.8 Å². The van der Waals surface area contributed by atoms with E-state index in [-0.39, 0.29) is 36.6 Å². The van der Waals surface area contributed by atoms with Gasteiger partial charge in [0.1, 0.15) is 0 Å². The van der Waals surface area contributed by atoms with Gasteiger partial charge in [0.2, 0.25) is 11.8 Å². The van der Waals surface area contributed by atoms with Crippen LogP contribution in [0.25, 0.3) is 0 Å². The van der Waals surface area contributed by atoms with Crippen LogP contribution in [0.4, 0.5) is 0 Å². The molecular weight excluding hydrogens is 383 g/mol. The second-order valence-electron chi connectivity index (χ2n) is 6.15. The van der Waals surface area contributed by atoms with E-state index in [2.05, 4.69) is 10.2 Å². The summed E-state index contributed by atoms with van der Waals surface area (Å²) < 4.78 is 0. The van der Waals surface area contributed by atoms with Crippen LogP contribution in [0.2, 0.25) is 0 Å². The van der Waals surface area contributed by atoms with Crippen LogP contribution in [-0.4, -0.2) is 96.4 Å². The second kappa shape index (κ2) is 13.0. The zero-order valence-corrected chi connectivity index (χ0v) is 17.7. The van der Waals surface area contributed by atoms with Crippen molar-refractivity contribution in [2.75, 3.05) is 63.9 Å². The molecule has 0 aromatic heterocycles. The number of likely N-dealkylation sites (N-methyl/N-ethyl adjacent to an activating group) is 1. The van der Waals surface area contributed by atoms with Crippen molar-refractivity contribution in [3.8, 4) is 0 Å². The third-order valence-corrected chi connectivity index (χ3v) is 5.75. The summed E-state index contributed by atoms with van der Waals surface area (Å²) in [5, 5.41) is 3.42. The molecule has 9 heteroatoms. The van der Waals surface area contributed by atoms with Crippen molar-refractivity contribution in [1.82, 2.24) is 20.0 Å². The van der Waals surface area contributed by atoms with E-state index < -0.39 is 0 Å². The number of nitrogens with zero attached hydrogens (tertiary/aromatic N) is 3. The van der Waals surface area contributed by atoms with E-state index in [9.17, 15) is 9.59 Å². The number of hydrogen-bond acceptors (Lipinski definition) is 5. The number of amides is 2. The van der Waals surface area contributed by atoms with E-state index >= 15 is 0 Å². The van der Waals surface area contributed by atoms with Gasteiger partial charge in [0.05, 0.1) is 6.54 Å². The monoisotopic (exact) mass is 414 g/mol. The molecule has 2 saturated heterocycles. The number of rotatable bonds is 6. The smallest absolute Gasteiger partial charge is 0.236 e. The number of piperazine rings is 1. The molecule has 148 valence electrons. The van der Waals surface area contributed by atoms with Gasteiger partial charge in [0.25, 0.3) is 0 Å². The number of carbonyl (C=O) groups excluding carboxylic acids is 2. The average Bonchev–Trinajstić information content (AvgIpc) is 2.57. The molecule has 2 amide bonds. The van der Waals surface area contributed by atoms with Gasteiger partial charge in [-0.1, -0.05) is 0 Å². The standard InChI is InChI=1S/C16H30N4O2S.2ClH/c1-3-19(4-2)16(22)12-18-6-8-20(9-7-18)15(21)11-14-13-23-10-5-17-14;;/h14,17H,3-13H2,1-2H3;2*1H. The van der Waals surface area contributed by atoms with E-state index in [0.29, 0.717) is 19.0 Å².